The van der Waals surface area contributed by atoms with Crippen LogP contribution in [-0.2, 0) is 11.0 Å². The van der Waals surface area contributed by atoms with E-state index < -0.39 is 8.32 Å². The maximum atomic E-state index is 6.56. The number of likely N-dealkylation sites (tertiary alicyclic amines) is 1. The molecule has 1 aliphatic heterocycles. The second-order valence-electron chi connectivity index (χ2n) is 10.4. The summed E-state index contributed by atoms with van der Waals surface area (Å²) < 4.78 is 12.9. The van der Waals surface area contributed by atoms with Crippen molar-refractivity contribution in [1.29, 1.82) is 0 Å². The van der Waals surface area contributed by atoms with Crippen molar-refractivity contribution < 1.29 is 8.84 Å². The van der Waals surface area contributed by atoms with Crippen molar-refractivity contribution in [2.45, 2.75) is 64.3 Å². The normalized spacial score (nSPS) is 17.7. The summed E-state index contributed by atoms with van der Waals surface area (Å²) in [6.07, 6.45) is 2.37. The average molecular weight is 449 g/mol. The molecule has 170 valence electrons. The van der Waals surface area contributed by atoms with Crippen LogP contribution in [0.5, 0.6) is 0 Å². The van der Waals surface area contributed by atoms with E-state index in [1.165, 1.54) is 12.8 Å². The molecule has 5 heteroatoms. The summed E-state index contributed by atoms with van der Waals surface area (Å²) in [4.78, 5) is 7.45. The number of rotatable bonds is 7. The molecule has 1 saturated heterocycles. The van der Waals surface area contributed by atoms with Crippen molar-refractivity contribution in [2.24, 2.45) is 0 Å². The second-order valence-corrected chi connectivity index (χ2v) is 15.2. The molecule has 32 heavy (non-hydrogen) atoms. The number of oxazole rings is 1. The molecule has 0 spiro atoms. The highest BCUT2D eigenvalue weighted by molar-refractivity contribution is 6.74. The molecule has 2 heterocycles. The van der Waals surface area contributed by atoms with Gasteiger partial charge in [-0.25, -0.2) is 4.98 Å². The Hall–Kier alpha value is -2.21. The second kappa shape index (κ2) is 9.34. The summed E-state index contributed by atoms with van der Waals surface area (Å²) in [7, 11) is -1.75. The SMILES string of the molecule is CC(C)(C)[Si](C)(C)OC[C@@H]1CCCN1Cc1nc(-c2ccccc2)c(-c2ccccc2)o1. The van der Waals surface area contributed by atoms with Gasteiger partial charge in [0.2, 0.25) is 5.89 Å². The minimum atomic E-state index is -1.75. The monoisotopic (exact) mass is 448 g/mol. The molecule has 0 radical (unpaired) electrons. The fraction of sp³-hybridized carbons (Fsp3) is 0.444. The van der Waals surface area contributed by atoms with Crippen molar-refractivity contribution in [2.75, 3.05) is 13.2 Å². The van der Waals surface area contributed by atoms with Gasteiger partial charge < -0.3 is 8.84 Å². The Morgan fingerprint density at radius 1 is 1.00 bits per heavy atom. The summed E-state index contributed by atoms with van der Waals surface area (Å²) in [6, 6.07) is 21.0. The summed E-state index contributed by atoms with van der Waals surface area (Å²) in [5.74, 6) is 1.63. The lowest BCUT2D eigenvalue weighted by atomic mass is 10.1. The van der Waals surface area contributed by atoms with Crippen LogP contribution >= 0.6 is 0 Å². The quantitative estimate of drug-likeness (QED) is 0.365. The Morgan fingerprint density at radius 3 is 2.25 bits per heavy atom. The molecular weight excluding hydrogens is 412 g/mol. The number of benzene rings is 2. The highest BCUT2D eigenvalue weighted by Crippen LogP contribution is 2.37. The largest absolute Gasteiger partial charge is 0.439 e. The molecule has 4 rings (SSSR count). The third-order valence-electron chi connectivity index (χ3n) is 7.03. The van der Waals surface area contributed by atoms with E-state index in [4.69, 9.17) is 13.8 Å². The van der Waals surface area contributed by atoms with Crippen LogP contribution in [0, 0.1) is 0 Å². The van der Waals surface area contributed by atoms with Gasteiger partial charge in [0.25, 0.3) is 0 Å². The summed E-state index contributed by atoms with van der Waals surface area (Å²) >= 11 is 0. The van der Waals surface area contributed by atoms with E-state index in [-0.39, 0.29) is 5.04 Å². The first-order valence-corrected chi connectivity index (χ1v) is 14.6. The minimum absolute atomic E-state index is 0.230. The van der Waals surface area contributed by atoms with E-state index in [0.717, 1.165) is 48.2 Å². The maximum Gasteiger partial charge on any atom is 0.209 e. The molecule has 0 N–H and O–H groups in total. The van der Waals surface area contributed by atoms with Crippen LogP contribution in [-0.4, -0.2) is 37.4 Å². The zero-order chi connectivity index (χ0) is 22.8. The molecule has 1 aliphatic rings. The zero-order valence-corrected chi connectivity index (χ0v) is 21.1. The molecule has 0 bridgehead atoms. The predicted molar refractivity (Wildman–Crippen MR) is 134 cm³/mol. The Morgan fingerprint density at radius 2 is 1.62 bits per heavy atom. The maximum absolute atomic E-state index is 6.56. The van der Waals surface area contributed by atoms with Gasteiger partial charge in [0.05, 0.1) is 6.54 Å². The van der Waals surface area contributed by atoms with Crippen LogP contribution in [0.2, 0.25) is 18.1 Å². The fourth-order valence-electron chi connectivity index (χ4n) is 4.00. The van der Waals surface area contributed by atoms with Crippen molar-refractivity contribution >= 4 is 8.32 Å². The lowest BCUT2D eigenvalue weighted by Gasteiger charge is -2.37. The van der Waals surface area contributed by atoms with Gasteiger partial charge in [0.15, 0.2) is 14.1 Å². The summed E-state index contributed by atoms with van der Waals surface area (Å²) in [6.45, 7) is 14.1. The standard InChI is InChI=1S/C27H36N2O2Si/c1-27(2,3)32(4,5)30-20-23-17-12-18-29(23)19-24-28-25(21-13-8-6-9-14-21)26(31-24)22-15-10-7-11-16-22/h6-11,13-16,23H,12,17-20H2,1-5H3/t23-/m0/s1. The van der Waals surface area contributed by atoms with Gasteiger partial charge >= 0.3 is 0 Å². The molecule has 0 unspecified atom stereocenters. The Balaban J connectivity index is 1.54. The molecule has 3 aromatic rings. The van der Waals surface area contributed by atoms with Gasteiger partial charge in [-0.3, -0.25) is 4.90 Å². The van der Waals surface area contributed by atoms with Gasteiger partial charge in [0.1, 0.15) is 5.69 Å². The zero-order valence-electron chi connectivity index (χ0n) is 20.1. The van der Waals surface area contributed by atoms with E-state index in [1.54, 1.807) is 0 Å². The van der Waals surface area contributed by atoms with Gasteiger partial charge in [-0.05, 0) is 37.5 Å². The van der Waals surface area contributed by atoms with Crippen molar-refractivity contribution in [3.8, 4) is 22.6 Å². The van der Waals surface area contributed by atoms with Crippen molar-refractivity contribution in [3.05, 3.63) is 66.6 Å². The van der Waals surface area contributed by atoms with Crippen molar-refractivity contribution in [1.82, 2.24) is 9.88 Å². The lowest BCUT2D eigenvalue weighted by molar-refractivity contribution is 0.148. The van der Waals surface area contributed by atoms with Crippen LogP contribution in [0.3, 0.4) is 0 Å². The van der Waals surface area contributed by atoms with E-state index in [2.05, 4.69) is 63.0 Å². The van der Waals surface area contributed by atoms with Gasteiger partial charge in [-0.1, -0.05) is 81.4 Å². The van der Waals surface area contributed by atoms with Crippen LogP contribution < -0.4 is 0 Å². The van der Waals surface area contributed by atoms with Gasteiger partial charge in [-0.15, -0.1) is 0 Å². The Bertz CT molecular complexity index is 952. The molecule has 2 aromatic carbocycles. The number of hydrogen-bond donors (Lipinski definition) is 0. The average Bonchev–Trinajstić information content (AvgIpc) is 3.40. The molecule has 0 aliphatic carbocycles. The minimum Gasteiger partial charge on any atom is -0.439 e. The van der Waals surface area contributed by atoms with E-state index in [9.17, 15) is 0 Å². The fourth-order valence-corrected chi connectivity index (χ4v) is 5.04. The van der Waals surface area contributed by atoms with Gasteiger partial charge in [0, 0.05) is 23.8 Å². The predicted octanol–water partition coefficient (Wildman–Crippen LogP) is 6.99. The molecule has 1 aromatic heterocycles. The lowest BCUT2D eigenvalue weighted by Crippen LogP contribution is -2.44. The third-order valence-corrected chi connectivity index (χ3v) is 11.5. The van der Waals surface area contributed by atoms with Crippen LogP contribution in [0.4, 0.5) is 0 Å². The van der Waals surface area contributed by atoms with Crippen molar-refractivity contribution in [3.63, 3.8) is 0 Å². The Labute approximate surface area is 193 Å². The van der Waals surface area contributed by atoms with Crippen LogP contribution in [0.1, 0.15) is 39.5 Å². The third kappa shape index (κ3) is 5.06. The smallest absolute Gasteiger partial charge is 0.209 e. The topological polar surface area (TPSA) is 38.5 Å². The van der Waals surface area contributed by atoms with E-state index >= 15 is 0 Å². The summed E-state index contributed by atoms with van der Waals surface area (Å²) in [5.41, 5.74) is 3.06. The first kappa shape index (κ1) is 23.0. The molecule has 0 amide bonds. The van der Waals surface area contributed by atoms with Crippen LogP contribution in [0.25, 0.3) is 22.6 Å². The molecule has 4 nitrogen and oxygen atoms in total. The molecular formula is C27H36N2O2Si. The first-order valence-electron chi connectivity index (χ1n) is 11.7. The van der Waals surface area contributed by atoms with E-state index in [0.29, 0.717) is 6.04 Å². The number of nitrogens with zero attached hydrogens (tertiary/aromatic N) is 2. The number of aromatic nitrogens is 1. The molecule has 1 fully saturated rings. The molecule has 0 saturated carbocycles. The Kier molecular flexibility index (Phi) is 6.70. The number of hydrogen-bond acceptors (Lipinski definition) is 4. The first-order chi connectivity index (χ1) is 15.2. The van der Waals surface area contributed by atoms with Crippen LogP contribution in [0.15, 0.2) is 65.1 Å². The molecule has 1 atom stereocenters. The highest BCUT2D eigenvalue weighted by atomic mass is 28.4. The van der Waals surface area contributed by atoms with Gasteiger partial charge in [-0.2, -0.15) is 0 Å². The highest BCUT2D eigenvalue weighted by Gasteiger charge is 2.38. The van der Waals surface area contributed by atoms with E-state index in [1.807, 2.05) is 36.4 Å². The summed E-state index contributed by atoms with van der Waals surface area (Å²) in [5, 5.41) is 0.230.